The van der Waals surface area contributed by atoms with Gasteiger partial charge in [0.05, 0.1) is 12.0 Å². The zero-order chi connectivity index (χ0) is 16.1. The molecule has 3 rings (SSSR count). The highest BCUT2D eigenvalue weighted by molar-refractivity contribution is 7.99. The fourth-order valence-electron chi connectivity index (χ4n) is 3.73. The summed E-state index contributed by atoms with van der Waals surface area (Å²) >= 11 is 1.42. The lowest BCUT2D eigenvalue weighted by Crippen LogP contribution is -2.58. The first-order valence-corrected chi connectivity index (χ1v) is 7.98. The van der Waals surface area contributed by atoms with Crippen LogP contribution in [0.4, 0.5) is 0 Å². The molecule has 1 aromatic carbocycles. The van der Waals surface area contributed by atoms with Crippen LogP contribution in [0.2, 0.25) is 0 Å². The largest absolute Gasteiger partial charge is 0.481 e. The maximum absolute atomic E-state index is 11.7. The molecule has 0 radical (unpaired) electrons. The van der Waals surface area contributed by atoms with Crippen molar-refractivity contribution < 1.29 is 24.9 Å². The van der Waals surface area contributed by atoms with Crippen LogP contribution in [0.5, 0.6) is 0 Å². The van der Waals surface area contributed by atoms with Crippen molar-refractivity contribution in [1.29, 1.82) is 0 Å². The van der Waals surface area contributed by atoms with E-state index in [1.807, 2.05) is 30.3 Å². The van der Waals surface area contributed by atoms with Gasteiger partial charge in [-0.1, -0.05) is 18.2 Å². The summed E-state index contributed by atoms with van der Waals surface area (Å²) in [5.41, 5.74) is 4.39. The Hall–Kier alpha value is -1.28. The van der Waals surface area contributed by atoms with Gasteiger partial charge in [0.2, 0.25) is 0 Å². The Labute approximate surface area is 143 Å². The van der Waals surface area contributed by atoms with Crippen molar-refractivity contribution in [3.63, 3.8) is 0 Å². The van der Waals surface area contributed by atoms with Crippen molar-refractivity contribution in [1.82, 2.24) is 0 Å². The zero-order valence-corrected chi connectivity index (χ0v) is 13.7. The maximum atomic E-state index is 11.7. The minimum Gasteiger partial charge on any atom is -0.481 e. The second-order valence-electron chi connectivity index (χ2n) is 5.93. The average Bonchev–Trinajstić information content (AvgIpc) is 3.19. The molecule has 6 nitrogen and oxygen atoms in total. The molecule has 0 amide bonds. The molecule has 0 aliphatic heterocycles. The number of nitrogens with two attached hydrogens (primary N) is 1. The number of carboxylic acids is 2. The van der Waals surface area contributed by atoms with E-state index in [9.17, 15) is 19.8 Å². The van der Waals surface area contributed by atoms with Crippen molar-refractivity contribution in [3.8, 4) is 0 Å². The summed E-state index contributed by atoms with van der Waals surface area (Å²) in [6, 6.07) is 9.42. The Morgan fingerprint density at radius 2 is 1.83 bits per heavy atom. The van der Waals surface area contributed by atoms with Crippen molar-refractivity contribution in [2.45, 2.75) is 16.5 Å². The van der Waals surface area contributed by atoms with Gasteiger partial charge in [-0.05, 0) is 12.1 Å². The van der Waals surface area contributed by atoms with Crippen LogP contribution in [0.25, 0.3) is 0 Å². The van der Waals surface area contributed by atoms with E-state index in [-0.39, 0.29) is 12.4 Å². The SMILES string of the molecule is Cl.N[C@]1(C(=O)O)[C@@H]2[C@@H](C(=O)O)[C@@H]2[C@@H](O)[C@H]1CSc1ccccc1. The Balaban J connectivity index is 0.00000192. The third-order valence-electron chi connectivity index (χ3n) is 4.88. The molecule has 0 aromatic heterocycles. The van der Waals surface area contributed by atoms with E-state index >= 15 is 0 Å². The maximum Gasteiger partial charge on any atom is 0.324 e. The summed E-state index contributed by atoms with van der Waals surface area (Å²) in [6.07, 6.45) is -0.997. The second kappa shape index (κ2) is 6.32. The lowest BCUT2D eigenvalue weighted by molar-refractivity contribution is -0.148. The van der Waals surface area contributed by atoms with Gasteiger partial charge in [0.1, 0.15) is 5.54 Å². The van der Waals surface area contributed by atoms with Gasteiger partial charge in [0, 0.05) is 28.4 Å². The minimum absolute atomic E-state index is 0. The first kappa shape index (κ1) is 18.1. The number of rotatable bonds is 5. The molecule has 0 saturated heterocycles. The number of aliphatic hydroxyl groups excluding tert-OH is 1. The van der Waals surface area contributed by atoms with Crippen LogP contribution in [-0.2, 0) is 9.59 Å². The van der Waals surface area contributed by atoms with Crippen LogP contribution < -0.4 is 5.73 Å². The number of benzene rings is 1. The summed E-state index contributed by atoms with van der Waals surface area (Å²) in [5, 5.41) is 29.0. The van der Waals surface area contributed by atoms with E-state index in [0.717, 1.165) is 4.90 Å². The molecule has 0 heterocycles. The molecule has 2 aliphatic rings. The lowest BCUT2D eigenvalue weighted by Gasteiger charge is -2.32. The van der Waals surface area contributed by atoms with Gasteiger partial charge in [-0.2, -0.15) is 0 Å². The molecular weight excluding hydrogens is 342 g/mol. The smallest absolute Gasteiger partial charge is 0.324 e. The van der Waals surface area contributed by atoms with Gasteiger partial charge in [-0.15, -0.1) is 24.2 Å². The molecule has 23 heavy (non-hydrogen) atoms. The van der Waals surface area contributed by atoms with Crippen LogP contribution >= 0.6 is 24.2 Å². The summed E-state index contributed by atoms with van der Waals surface area (Å²) in [7, 11) is 0. The van der Waals surface area contributed by atoms with E-state index in [4.69, 9.17) is 10.8 Å². The normalized spacial score (nSPS) is 37.6. The number of halogens is 1. The molecule has 5 N–H and O–H groups in total. The standard InChI is InChI=1S/C15H17NO5S.ClH/c16-15(14(20)21)8(6-22-7-4-2-1-3-5-7)12(17)9-10(11(9)15)13(18)19;/h1-5,8-12,17H,6,16H2,(H,18,19)(H,20,21);1H/t8-,9+,10+,11+,12+,15+;/m1./s1. The van der Waals surface area contributed by atoms with Crippen LogP contribution in [0.15, 0.2) is 35.2 Å². The molecular formula is C15H18ClNO5S. The molecule has 2 fully saturated rings. The third-order valence-corrected chi connectivity index (χ3v) is 6.01. The van der Waals surface area contributed by atoms with Gasteiger partial charge in [0.25, 0.3) is 0 Å². The lowest BCUT2D eigenvalue weighted by atomic mass is 9.81. The van der Waals surface area contributed by atoms with E-state index in [2.05, 4.69) is 0 Å². The molecule has 1 aromatic rings. The quantitative estimate of drug-likeness (QED) is 0.577. The van der Waals surface area contributed by atoms with Crippen molar-refractivity contribution in [2.75, 3.05) is 5.75 Å². The highest BCUT2D eigenvalue weighted by Gasteiger charge is 2.77. The van der Waals surface area contributed by atoms with Gasteiger partial charge < -0.3 is 21.1 Å². The second-order valence-corrected chi connectivity index (χ2v) is 7.02. The number of carboxylic acid groups (broad SMARTS) is 2. The van der Waals surface area contributed by atoms with Gasteiger partial charge in [0.15, 0.2) is 0 Å². The van der Waals surface area contributed by atoms with E-state index in [1.165, 1.54) is 11.8 Å². The minimum atomic E-state index is -1.69. The first-order chi connectivity index (χ1) is 10.4. The van der Waals surface area contributed by atoms with Crippen LogP contribution in [0.1, 0.15) is 0 Å². The molecule has 2 saturated carbocycles. The molecule has 6 atom stereocenters. The predicted molar refractivity (Wildman–Crippen MR) is 86.6 cm³/mol. The van der Waals surface area contributed by atoms with Gasteiger partial charge in [-0.25, -0.2) is 0 Å². The fraction of sp³-hybridized carbons (Fsp3) is 0.467. The predicted octanol–water partition coefficient (Wildman–Crippen LogP) is 0.920. The number of carbonyl (C=O) groups is 2. The highest BCUT2D eigenvalue weighted by atomic mass is 35.5. The van der Waals surface area contributed by atoms with Crippen LogP contribution in [-0.4, -0.2) is 44.7 Å². The molecule has 0 unspecified atom stereocenters. The monoisotopic (exact) mass is 359 g/mol. The number of hydrogen-bond acceptors (Lipinski definition) is 5. The first-order valence-electron chi connectivity index (χ1n) is 7.00. The molecule has 126 valence electrons. The molecule has 0 spiro atoms. The Morgan fingerprint density at radius 3 is 2.35 bits per heavy atom. The zero-order valence-electron chi connectivity index (χ0n) is 12.0. The fourth-order valence-corrected chi connectivity index (χ4v) is 4.93. The molecule has 8 heteroatoms. The summed E-state index contributed by atoms with van der Waals surface area (Å²) in [6.45, 7) is 0. The van der Waals surface area contributed by atoms with E-state index in [0.29, 0.717) is 5.75 Å². The number of hydrogen-bond donors (Lipinski definition) is 4. The number of fused-ring (bicyclic) bond motifs is 1. The molecule has 0 bridgehead atoms. The number of aliphatic hydroxyl groups is 1. The summed E-state index contributed by atoms with van der Waals surface area (Å²) in [5.74, 6) is -4.75. The van der Waals surface area contributed by atoms with Crippen LogP contribution in [0.3, 0.4) is 0 Å². The highest BCUT2D eigenvalue weighted by Crippen LogP contribution is 2.64. The number of thioether (sulfide) groups is 1. The molecule has 2 aliphatic carbocycles. The Morgan fingerprint density at radius 1 is 1.22 bits per heavy atom. The average molecular weight is 360 g/mol. The van der Waals surface area contributed by atoms with Crippen LogP contribution in [0, 0.1) is 23.7 Å². The van der Waals surface area contributed by atoms with Gasteiger partial charge >= 0.3 is 11.9 Å². The Bertz CT molecular complexity index is 615. The Kier molecular flexibility index (Phi) is 4.96. The van der Waals surface area contributed by atoms with Gasteiger partial charge in [-0.3, -0.25) is 9.59 Å². The van der Waals surface area contributed by atoms with Crippen molar-refractivity contribution >= 4 is 36.1 Å². The van der Waals surface area contributed by atoms with E-state index < -0.39 is 47.3 Å². The topological polar surface area (TPSA) is 121 Å². The van der Waals surface area contributed by atoms with Crippen molar-refractivity contribution in [3.05, 3.63) is 30.3 Å². The summed E-state index contributed by atoms with van der Waals surface area (Å²) in [4.78, 5) is 23.8. The van der Waals surface area contributed by atoms with E-state index in [1.54, 1.807) is 0 Å². The number of aliphatic carboxylic acids is 2. The van der Waals surface area contributed by atoms with Crippen molar-refractivity contribution in [2.24, 2.45) is 29.4 Å². The third kappa shape index (κ3) is 2.71. The summed E-state index contributed by atoms with van der Waals surface area (Å²) < 4.78 is 0.